The monoisotopic (exact) mass is 256 g/mol. The minimum atomic E-state index is -0.508. The zero-order valence-corrected chi connectivity index (χ0v) is 10.5. The van der Waals surface area contributed by atoms with Gasteiger partial charge in [-0.05, 0) is 12.1 Å². The summed E-state index contributed by atoms with van der Waals surface area (Å²) in [6, 6.07) is 5.13. The molecular weight excluding hydrogens is 244 g/mol. The molecule has 0 atom stereocenters. The smallest absolute Gasteiger partial charge is 0.361 e. The van der Waals surface area contributed by atoms with Gasteiger partial charge in [-0.15, -0.1) is 10.2 Å². The first-order chi connectivity index (χ1) is 9.13. The average molecular weight is 256 g/mol. The summed E-state index contributed by atoms with van der Waals surface area (Å²) in [6.45, 7) is 3.75. The third-order valence-electron chi connectivity index (χ3n) is 2.49. The van der Waals surface area contributed by atoms with E-state index in [2.05, 4.69) is 25.3 Å². The molecule has 0 fully saturated rings. The van der Waals surface area contributed by atoms with Gasteiger partial charge in [-0.25, -0.2) is 4.98 Å². The minimum Gasteiger partial charge on any atom is -0.361 e. The Bertz CT molecular complexity index is 610. The van der Waals surface area contributed by atoms with Crippen LogP contribution < -0.4 is 5.32 Å². The highest BCUT2D eigenvalue weighted by molar-refractivity contribution is 6.82. The molecule has 96 valence electrons. The molecular formula is C12H12N6O. The normalized spacial score (nSPS) is 13.9. The second kappa shape index (κ2) is 5.32. The zero-order chi connectivity index (χ0) is 13.8. The van der Waals surface area contributed by atoms with Crippen LogP contribution in [0.25, 0.3) is 5.53 Å². The van der Waals surface area contributed by atoms with Gasteiger partial charge in [0.15, 0.2) is 5.71 Å². The summed E-state index contributed by atoms with van der Waals surface area (Å²) in [5, 5.41) is 10.2. The number of pyridine rings is 1. The Labute approximate surface area is 109 Å². The molecule has 1 amide bonds. The summed E-state index contributed by atoms with van der Waals surface area (Å²) in [4.78, 5) is 19.1. The fourth-order valence-corrected chi connectivity index (χ4v) is 1.57. The second-order valence-electron chi connectivity index (χ2n) is 4.21. The molecule has 7 nitrogen and oxygen atoms in total. The molecule has 1 aliphatic rings. The molecule has 19 heavy (non-hydrogen) atoms. The van der Waals surface area contributed by atoms with Crippen molar-refractivity contribution in [2.24, 2.45) is 16.1 Å². The standard InChI is InChI=1S/C12H12N6O/c1-7(2)9-10(16-13)11(18-17-9)12(19)15-8-5-3-4-6-14-8/h3-7H,1-2H3,(H,14,15,19). The van der Waals surface area contributed by atoms with Crippen molar-refractivity contribution in [3.05, 3.63) is 29.9 Å². The summed E-state index contributed by atoms with van der Waals surface area (Å²) < 4.78 is 0. The fraction of sp³-hybridized carbons (Fsp3) is 0.250. The number of hydrogen-bond donors (Lipinski definition) is 1. The Morgan fingerprint density at radius 1 is 1.37 bits per heavy atom. The van der Waals surface area contributed by atoms with E-state index in [0.29, 0.717) is 11.5 Å². The van der Waals surface area contributed by atoms with Crippen LogP contribution in [0, 0.1) is 5.92 Å². The molecule has 1 aromatic rings. The van der Waals surface area contributed by atoms with E-state index in [9.17, 15) is 4.79 Å². The summed E-state index contributed by atoms with van der Waals surface area (Å²) in [5.41, 5.74) is 9.57. The maximum atomic E-state index is 12.0. The molecule has 2 rings (SSSR count). The molecule has 0 aromatic carbocycles. The van der Waals surface area contributed by atoms with E-state index >= 15 is 0 Å². The SMILES string of the molecule is CC(C)C1=NN=C(C(=O)Nc2ccccn2)C1=[N+]=[N-]. The van der Waals surface area contributed by atoms with Crippen molar-refractivity contribution in [3.8, 4) is 0 Å². The molecule has 0 unspecified atom stereocenters. The first-order valence-electron chi connectivity index (χ1n) is 5.74. The Kier molecular flexibility index (Phi) is 3.58. The zero-order valence-electron chi connectivity index (χ0n) is 10.5. The van der Waals surface area contributed by atoms with Crippen LogP contribution in [0.4, 0.5) is 5.82 Å². The van der Waals surface area contributed by atoms with Crippen LogP contribution in [-0.2, 0) is 4.79 Å². The van der Waals surface area contributed by atoms with Gasteiger partial charge >= 0.3 is 5.71 Å². The van der Waals surface area contributed by atoms with Crippen molar-refractivity contribution in [1.82, 2.24) is 4.98 Å². The van der Waals surface area contributed by atoms with Crippen LogP contribution in [0.15, 0.2) is 34.6 Å². The van der Waals surface area contributed by atoms with Crippen LogP contribution in [-0.4, -0.2) is 32.8 Å². The van der Waals surface area contributed by atoms with Gasteiger partial charge < -0.3 is 10.8 Å². The lowest BCUT2D eigenvalue weighted by Gasteiger charge is -2.02. The van der Waals surface area contributed by atoms with Gasteiger partial charge in [0.2, 0.25) is 5.71 Å². The summed E-state index contributed by atoms with van der Waals surface area (Å²) in [7, 11) is 0. The lowest BCUT2D eigenvalue weighted by molar-refractivity contribution is -0.110. The minimum absolute atomic E-state index is 0.00907. The Morgan fingerprint density at radius 3 is 2.74 bits per heavy atom. The van der Waals surface area contributed by atoms with Crippen molar-refractivity contribution in [3.63, 3.8) is 0 Å². The summed E-state index contributed by atoms with van der Waals surface area (Å²) in [5.74, 6) is -0.105. The first kappa shape index (κ1) is 12.8. The topological polar surface area (TPSA) is 103 Å². The highest BCUT2D eigenvalue weighted by Gasteiger charge is 2.36. The predicted molar refractivity (Wildman–Crippen MR) is 71.2 cm³/mol. The third-order valence-corrected chi connectivity index (χ3v) is 2.49. The van der Waals surface area contributed by atoms with Crippen molar-refractivity contribution in [2.45, 2.75) is 13.8 Å². The van der Waals surface area contributed by atoms with Gasteiger partial charge in [-0.1, -0.05) is 19.9 Å². The quantitative estimate of drug-likeness (QED) is 0.647. The van der Waals surface area contributed by atoms with Crippen molar-refractivity contribution in [1.29, 1.82) is 0 Å². The molecule has 0 saturated heterocycles. The Morgan fingerprint density at radius 2 is 2.16 bits per heavy atom. The maximum Gasteiger partial charge on any atom is 0.371 e. The fourth-order valence-electron chi connectivity index (χ4n) is 1.57. The number of hydrogen-bond acceptors (Lipinski definition) is 4. The Balaban J connectivity index is 2.17. The molecule has 1 N–H and O–H groups in total. The van der Waals surface area contributed by atoms with Gasteiger partial charge in [0.1, 0.15) is 5.82 Å². The van der Waals surface area contributed by atoms with Gasteiger partial charge in [0.05, 0.1) is 0 Å². The van der Waals surface area contributed by atoms with E-state index in [1.807, 2.05) is 13.8 Å². The lowest BCUT2D eigenvalue weighted by atomic mass is 10.0. The molecule has 1 aromatic heterocycles. The predicted octanol–water partition coefficient (Wildman–Crippen LogP) is 1.16. The van der Waals surface area contributed by atoms with E-state index < -0.39 is 5.91 Å². The summed E-state index contributed by atoms with van der Waals surface area (Å²) >= 11 is 0. The number of amides is 1. The number of nitrogens with one attached hydrogen (secondary N) is 1. The highest BCUT2D eigenvalue weighted by Crippen LogP contribution is 2.09. The van der Waals surface area contributed by atoms with E-state index in [-0.39, 0.29) is 17.3 Å². The third kappa shape index (κ3) is 2.61. The van der Waals surface area contributed by atoms with Crippen LogP contribution in [0.2, 0.25) is 0 Å². The van der Waals surface area contributed by atoms with Crippen molar-refractivity contribution < 1.29 is 9.58 Å². The lowest BCUT2D eigenvalue weighted by Crippen LogP contribution is -2.34. The highest BCUT2D eigenvalue weighted by atomic mass is 16.2. The van der Waals surface area contributed by atoms with Gasteiger partial charge in [-0.2, -0.15) is 4.79 Å². The number of nitrogens with zero attached hydrogens (tertiary/aromatic N) is 5. The first-order valence-corrected chi connectivity index (χ1v) is 5.74. The van der Waals surface area contributed by atoms with Crippen LogP contribution in [0.5, 0.6) is 0 Å². The molecule has 1 aliphatic heterocycles. The number of anilines is 1. The average Bonchev–Trinajstić information content (AvgIpc) is 2.83. The second-order valence-corrected chi connectivity index (χ2v) is 4.21. The van der Waals surface area contributed by atoms with Gasteiger partial charge in [0.25, 0.3) is 5.91 Å². The number of carbonyl (C=O) groups excluding carboxylic acids is 1. The number of rotatable bonds is 3. The van der Waals surface area contributed by atoms with Crippen LogP contribution in [0.3, 0.4) is 0 Å². The largest absolute Gasteiger partial charge is 0.371 e. The molecule has 0 spiro atoms. The molecule has 7 heteroatoms. The van der Waals surface area contributed by atoms with E-state index in [1.165, 1.54) is 0 Å². The van der Waals surface area contributed by atoms with E-state index in [0.717, 1.165) is 0 Å². The number of carbonyl (C=O) groups is 1. The van der Waals surface area contributed by atoms with Crippen LogP contribution >= 0.6 is 0 Å². The molecule has 0 radical (unpaired) electrons. The van der Waals surface area contributed by atoms with E-state index in [1.54, 1.807) is 24.4 Å². The van der Waals surface area contributed by atoms with E-state index in [4.69, 9.17) is 5.53 Å². The van der Waals surface area contributed by atoms with Gasteiger partial charge in [-0.3, -0.25) is 4.79 Å². The van der Waals surface area contributed by atoms with Crippen LogP contribution in [0.1, 0.15) is 13.8 Å². The number of aromatic nitrogens is 1. The maximum absolute atomic E-state index is 12.0. The molecule has 0 bridgehead atoms. The molecule has 0 saturated carbocycles. The molecule has 0 aliphatic carbocycles. The van der Waals surface area contributed by atoms with Gasteiger partial charge in [0, 0.05) is 12.1 Å². The van der Waals surface area contributed by atoms with Crippen molar-refractivity contribution in [2.75, 3.05) is 5.32 Å². The van der Waals surface area contributed by atoms with Crippen molar-refractivity contribution >= 4 is 28.9 Å². The summed E-state index contributed by atoms with van der Waals surface area (Å²) in [6.07, 6.45) is 1.56. The molecule has 2 heterocycles. The Hall–Kier alpha value is -2.66.